The van der Waals surface area contributed by atoms with Crippen molar-refractivity contribution in [2.75, 3.05) is 52.4 Å². The fourth-order valence-electron chi connectivity index (χ4n) is 4.73. The van der Waals surface area contributed by atoms with E-state index in [1.807, 2.05) is 31.7 Å². The Hall–Kier alpha value is -1.48. The molecule has 1 atom stereocenters. The van der Waals surface area contributed by atoms with Crippen molar-refractivity contribution in [3.05, 3.63) is 28.8 Å². The summed E-state index contributed by atoms with van der Waals surface area (Å²) >= 11 is 0. The largest absolute Gasteiger partial charge is 0.340 e. The number of piperidine rings is 1. The molecule has 1 aromatic carbocycles. The molecule has 0 bridgehead atoms. The lowest BCUT2D eigenvalue weighted by molar-refractivity contribution is -0.131. The van der Waals surface area contributed by atoms with E-state index in [9.17, 15) is 13.2 Å². The molecule has 8 heteroatoms. The summed E-state index contributed by atoms with van der Waals surface area (Å²) in [5, 5.41) is 3.25. The van der Waals surface area contributed by atoms with Gasteiger partial charge in [-0.1, -0.05) is 12.5 Å². The van der Waals surface area contributed by atoms with Crippen LogP contribution in [0.15, 0.2) is 17.0 Å². The van der Waals surface area contributed by atoms with Crippen LogP contribution in [0.2, 0.25) is 0 Å². The van der Waals surface area contributed by atoms with Crippen LogP contribution in [0, 0.1) is 20.8 Å². The first-order valence-corrected chi connectivity index (χ1v) is 13.4. The minimum absolute atomic E-state index is 0.0369. The number of carbonyl (C=O) groups excluding carboxylic acids is 1. The van der Waals surface area contributed by atoms with Crippen LogP contribution in [-0.4, -0.2) is 86.8 Å². The maximum absolute atomic E-state index is 13.7. The number of aryl methyl sites for hydroxylation is 3. The fraction of sp³-hybridized carbons (Fsp3) is 0.708. The molecule has 180 valence electrons. The van der Waals surface area contributed by atoms with Crippen LogP contribution in [0.3, 0.4) is 0 Å². The third-order valence-corrected chi connectivity index (χ3v) is 9.07. The number of benzene rings is 1. The first kappa shape index (κ1) is 25.1. The van der Waals surface area contributed by atoms with E-state index in [2.05, 4.69) is 17.1 Å². The lowest BCUT2D eigenvalue weighted by Crippen LogP contribution is -2.48. The summed E-state index contributed by atoms with van der Waals surface area (Å²) in [6.07, 6.45) is 3.78. The van der Waals surface area contributed by atoms with Gasteiger partial charge < -0.3 is 10.2 Å². The zero-order valence-electron chi connectivity index (χ0n) is 20.2. The summed E-state index contributed by atoms with van der Waals surface area (Å²) in [5.41, 5.74) is 2.82. The molecule has 0 spiro atoms. The van der Waals surface area contributed by atoms with E-state index in [-0.39, 0.29) is 18.9 Å². The predicted molar refractivity (Wildman–Crippen MR) is 128 cm³/mol. The maximum Gasteiger partial charge on any atom is 0.243 e. The van der Waals surface area contributed by atoms with Crippen molar-refractivity contribution in [3.8, 4) is 0 Å². The second kappa shape index (κ2) is 11.1. The molecule has 2 fully saturated rings. The first-order valence-electron chi connectivity index (χ1n) is 12.0. The summed E-state index contributed by atoms with van der Waals surface area (Å²) < 4.78 is 29.0. The molecular weight excluding hydrogens is 424 g/mol. The summed E-state index contributed by atoms with van der Waals surface area (Å²) in [6, 6.07) is 4.20. The van der Waals surface area contributed by atoms with E-state index < -0.39 is 10.0 Å². The van der Waals surface area contributed by atoms with Gasteiger partial charge in [0.1, 0.15) is 0 Å². The third kappa shape index (κ3) is 6.10. The summed E-state index contributed by atoms with van der Waals surface area (Å²) in [7, 11) is -3.69. The molecule has 3 rings (SSSR count). The van der Waals surface area contributed by atoms with Gasteiger partial charge in [0, 0.05) is 58.3 Å². The predicted octanol–water partition coefficient (Wildman–Crippen LogP) is 2.30. The van der Waals surface area contributed by atoms with Gasteiger partial charge in [-0.05, 0) is 69.8 Å². The molecule has 1 amide bonds. The number of likely N-dealkylation sites (tertiary alicyclic amines) is 1. The van der Waals surface area contributed by atoms with Gasteiger partial charge in [-0.3, -0.25) is 9.69 Å². The van der Waals surface area contributed by atoms with Gasteiger partial charge in [-0.25, -0.2) is 8.42 Å². The first-order chi connectivity index (χ1) is 15.2. The highest BCUT2D eigenvalue weighted by Gasteiger charge is 2.29. The van der Waals surface area contributed by atoms with Crippen molar-refractivity contribution < 1.29 is 13.2 Å². The minimum Gasteiger partial charge on any atom is -0.340 e. The number of nitrogens with zero attached hydrogens (tertiary/aromatic N) is 3. The molecule has 0 aromatic heterocycles. The summed E-state index contributed by atoms with van der Waals surface area (Å²) in [4.78, 5) is 17.3. The van der Waals surface area contributed by atoms with E-state index >= 15 is 0 Å². The highest BCUT2D eigenvalue weighted by molar-refractivity contribution is 7.89. The molecule has 1 aromatic rings. The Balaban J connectivity index is 1.78. The molecule has 0 saturated carbocycles. The zero-order chi connectivity index (χ0) is 23.3. The summed E-state index contributed by atoms with van der Waals surface area (Å²) in [6.45, 7) is 13.3. The number of amides is 1. The highest BCUT2D eigenvalue weighted by atomic mass is 32.2. The Bertz CT molecular complexity index is 897. The molecule has 0 aliphatic carbocycles. The normalized spacial score (nSPS) is 20.7. The van der Waals surface area contributed by atoms with Crippen molar-refractivity contribution >= 4 is 15.9 Å². The Morgan fingerprint density at radius 1 is 1.03 bits per heavy atom. The number of rotatable bonds is 8. The van der Waals surface area contributed by atoms with Crippen molar-refractivity contribution in [3.63, 3.8) is 0 Å². The second-order valence-electron chi connectivity index (χ2n) is 9.37. The van der Waals surface area contributed by atoms with Crippen molar-refractivity contribution in [1.29, 1.82) is 0 Å². The number of hydrogen-bond acceptors (Lipinski definition) is 5. The standard InChI is InChI=1S/C24H40N4O3S/c1-19-17-21(3)23(18-20(19)2)32(30,31)28(16-15-26-11-6-5-7-22(26)4)12-8-24(29)27-13-9-25-10-14-27/h17-18,22,25H,5-16H2,1-4H3/t22-/m1/s1. The van der Waals surface area contributed by atoms with Crippen molar-refractivity contribution in [1.82, 2.24) is 19.4 Å². The lowest BCUT2D eigenvalue weighted by Gasteiger charge is -2.35. The second-order valence-corrected chi connectivity index (χ2v) is 11.3. The van der Waals surface area contributed by atoms with Crippen LogP contribution in [-0.2, 0) is 14.8 Å². The Morgan fingerprint density at radius 2 is 1.72 bits per heavy atom. The average Bonchev–Trinajstić information content (AvgIpc) is 2.77. The molecule has 2 aliphatic rings. The molecule has 0 unspecified atom stereocenters. The van der Waals surface area contributed by atoms with Gasteiger partial charge in [-0.2, -0.15) is 4.31 Å². The van der Waals surface area contributed by atoms with E-state index in [0.29, 0.717) is 37.1 Å². The van der Waals surface area contributed by atoms with Crippen LogP contribution in [0.4, 0.5) is 0 Å². The van der Waals surface area contributed by atoms with Crippen molar-refractivity contribution in [2.45, 2.75) is 64.3 Å². The Labute approximate surface area is 194 Å². The molecule has 2 heterocycles. The van der Waals surface area contributed by atoms with Gasteiger partial charge in [0.05, 0.1) is 4.90 Å². The molecule has 0 radical (unpaired) electrons. The third-order valence-electron chi connectivity index (χ3n) is 7.03. The summed E-state index contributed by atoms with van der Waals surface area (Å²) in [5.74, 6) is 0.0369. The lowest BCUT2D eigenvalue weighted by atomic mass is 10.0. The molecule has 2 saturated heterocycles. The zero-order valence-corrected chi connectivity index (χ0v) is 21.0. The van der Waals surface area contributed by atoms with Gasteiger partial charge in [0.2, 0.25) is 15.9 Å². The van der Waals surface area contributed by atoms with Gasteiger partial charge >= 0.3 is 0 Å². The van der Waals surface area contributed by atoms with E-state index in [4.69, 9.17) is 0 Å². The van der Waals surface area contributed by atoms with Crippen LogP contribution in [0.1, 0.15) is 49.3 Å². The number of nitrogens with one attached hydrogen (secondary N) is 1. The topological polar surface area (TPSA) is 73.0 Å². The molecule has 2 aliphatic heterocycles. The van der Waals surface area contributed by atoms with Gasteiger partial charge in [0.15, 0.2) is 0 Å². The van der Waals surface area contributed by atoms with Crippen molar-refractivity contribution in [2.24, 2.45) is 0 Å². The van der Waals surface area contributed by atoms with E-state index in [1.165, 1.54) is 6.42 Å². The van der Waals surface area contributed by atoms with Crippen LogP contribution in [0.5, 0.6) is 0 Å². The molecule has 1 N–H and O–H groups in total. The Morgan fingerprint density at radius 3 is 2.41 bits per heavy atom. The van der Waals surface area contributed by atoms with Gasteiger partial charge in [-0.15, -0.1) is 0 Å². The Kier molecular flexibility index (Phi) is 8.72. The SMILES string of the molecule is Cc1cc(C)c(S(=O)(=O)N(CCC(=O)N2CCNCC2)CCN2CCCC[C@H]2C)cc1C. The quantitative estimate of drug-likeness (QED) is 0.639. The monoisotopic (exact) mass is 464 g/mol. The maximum atomic E-state index is 13.7. The molecule has 7 nitrogen and oxygen atoms in total. The van der Waals surface area contributed by atoms with Crippen LogP contribution >= 0.6 is 0 Å². The number of hydrogen-bond donors (Lipinski definition) is 1. The van der Waals surface area contributed by atoms with Crippen LogP contribution in [0.25, 0.3) is 0 Å². The average molecular weight is 465 g/mol. The van der Waals surface area contributed by atoms with E-state index in [1.54, 1.807) is 10.4 Å². The minimum atomic E-state index is -3.69. The fourth-order valence-corrected chi connectivity index (χ4v) is 6.45. The number of sulfonamides is 1. The van der Waals surface area contributed by atoms with E-state index in [0.717, 1.165) is 49.2 Å². The molecular formula is C24H40N4O3S. The van der Waals surface area contributed by atoms with Crippen LogP contribution < -0.4 is 5.32 Å². The number of carbonyl (C=O) groups is 1. The highest BCUT2D eigenvalue weighted by Crippen LogP contribution is 2.24. The van der Waals surface area contributed by atoms with Gasteiger partial charge in [0.25, 0.3) is 0 Å². The smallest absolute Gasteiger partial charge is 0.243 e. The number of piperazine rings is 1. The molecule has 32 heavy (non-hydrogen) atoms.